The second kappa shape index (κ2) is 8.71. The highest BCUT2D eigenvalue weighted by molar-refractivity contribution is 5.95. The standard InChI is InChI=1S/C22H28N2O3/c1-13(2)20-9-8-19(12-14(20)3)27-16(5)22(26)24-18-7-10-21(15(4)11-18)23-17(6)25/h7-13,16H,1-6H3,(H,23,25)(H,24,26)/t16-/m1/s1. The first-order valence-electron chi connectivity index (χ1n) is 9.13. The molecule has 0 aromatic heterocycles. The Kier molecular flexibility index (Phi) is 6.61. The molecule has 27 heavy (non-hydrogen) atoms. The summed E-state index contributed by atoms with van der Waals surface area (Å²) in [5.74, 6) is 0.767. The van der Waals surface area contributed by atoms with Crippen LogP contribution in [0.25, 0.3) is 0 Å². The van der Waals surface area contributed by atoms with Crippen LogP contribution in [0.5, 0.6) is 5.75 Å². The lowest BCUT2D eigenvalue weighted by atomic mass is 9.98. The molecule has 0 saturated heterocycles. The van der Waals surface area contributed by atoms with Crippen LogP contribution in [0.4, 0.5) is 11.4 Å². The second-order valence-electron chi connectivity index (χ2n) is 7.13. The molecule has 2 aromatic carbocycles. The van der Waals surface area contributed by atoms with Gasteiger partial charge in [-0.05, 0) is 73.7 Å². The summed E-state index contributed by atoms with van der Waals surface area (Å²) in [4.78, 5) is 23.6. The number of ether oxygens (including phenoxy) is 1. The van der Waals surface area contributed by atoms with Crippen molar-refractivity contribution in [2.75, 3.05) is 10.6 Å². The molecule has 5 heteroatoms. The van der Waals surface area contributed by atoms with Gasteiger partial charge >= 0.3 is 0 Å². The molecule has 5 nitrogen and oxygen atoms in total. The van der Waals surface area contributed by atoms with Gasteiger partial charge in [-0.2, -0.15) is 0 Å². The van der Waals surface area contributed by atoms with E-state index in [4.69, 9.17) is 4.74 Å². The summed E-state index contributed by atoms with van der Waals surface area (Å²) in [6, 6.07) is 11.3. The van der Waals surface area contributed by atoms with Crippen molar-refractivity contribution < 1.29 is 14.3 Å². The average molecular weight is 368 g/mol. The van der Waals surface area contributed by atoms with Crippen LogP contribution >= 0.6 is 0 Å². The van der Waals surface area contributed by atoms with E-state index in [0.29, 0.717) is 17.4 Å². The van der Waals surface area contributed by atoms with E-state index in [1.165, 1.54) is 12.5 Å². The molecule has 0 unspecified atom stereocenters. The van der Waals surface area contributed by atoms with E-state index in [9.17, 15) is 9.59 Å². The number of nitrogens with one attached hydrogen (secondary N) is 2. The van der Waals surface area contributed by atoms with Crippen molar-refractivity contribution in [2.45, 2.75) is 53.6 Å². The zero-order chi connectivity index (χ0) is 20.1. The predicted molar refractivity (Wildman–Crippen MR) is 109 cm³/mol. The van der Waals surface area contributed by atoms with Gasteiger partial charge in [0, 0.05) is 18.3 Å². The lowest BCUT2D eigenvalue weighted by Gasteiger charge is -2.17. The number of carbonyl (C=O) groups is 2. The molecule has 0 aliphatic rings. The molecule has 0 fully saturated rings. The van der Waals surface area contributed by atoms with Crippen molar-refractivity contribution in [1.82, 2.24) is 0 Å². The fraction of sp³-hybridized carbons (Fsp3) is 0.364. The van der Waals surface area contributed by atoms with Gasteiger partial charge < -0.3 is 15.4 Å². The van der Waals surface area contributed by atoms with Gasteiger partial charge in [0.15, 0.2) is 6.10 Å². The summed E-state index contributed by atoms with van der Waals surface area (Å²) >= 11 is 0. The smallest absolute Gasteiger partial charge is 0.265 e. The first-order valence-corrected chi connectivity index (χ1v) is 9.13. The van der Waals surface area contributed by atoms with Crippen LogP contribution in [0, 0.1) is 13.8 Å². The van der Waals surface area contributed by atoms with Crippen molar-refractivity contribution in [3.63, 3.8) is 0 Å². The number of rotatable bonds is 6. The molecule has 0 bridgehead atoms. The fourth-order valence-electron chi connectivity index (χ4n) is 2.94. The van der Waals surface area contributed by atoms with Gasteiger partial charge in [-0.25, -0.2) is 0 Å². The van der Waals surface area contributed by atoms with Crippen molar-refractivity contribution in [2.24, 2.45) is 0 Å². The first kappa shape index (κ1) is 20.5. The van der Waals surface area contributed by atoms with Crippen LogP contribution in [0.2, 0.25) is 0 Å². The minimum absolute atomic E-state index is 0.129. The van der Waals surface area contributed by atoms with E-state index in [2.05, 4.69) is 24.5 Å². The van der Waals surface area contributed by atoms with Crippen molar-refractivity contribution >= 4 is 23.2 Å². The number of carbonyl (C=O) groups excluding carboxylic acids is 2. The van der Waals surface area contributed by atoms with Gasteiger partial charge in [0.05, 0.1) is 0 Å². The second-order valence-corrected chi connectivity index (χ2v) is 7.13. The van der Waals surface area contributed by atoms with Crippen LogP contribution < -0.4 is 15.4 Å². The maximum absolute atomic E-state index is 12.4. The summed E-state index contributed by atoms with van der Waals surface area (Å²) in [5, 5.41) is 5.60. The third-order valence-corrected chi connectivity index (χ3v) is 4.35. The highest BCUT2D eigenvalue weighted by Gasteiger charge is 2.16. The highest BCUT2D eigenvalue weighted by Crippen LogP contribution is 2.24. The maximum Gasteiger partial charge on any atom is 0.265 e. The molecular formula is C22H28N2O3. The van der Waals surface area contributed by atoms with Gasteiger partial charge in [0.25, 0.3) is 5.91 Å². The Bertz CT molecular complexity index is 843. The largest absolute Gasteiger partial charge is 0.481 e. The summed E-state index contributed by atoms with van der Waals surface area (Å²) in [5.41, 5.74) is 4.68. The minimum atomic E-state index is -0.635. The van der Waals surface area contributed by atoms with Crippen LogP contribution in [-0.4, -0.2) is 17.9 Å². The van der Waals surface area contributed by atoms with E-state index >= 15 is 0 Å². The number of benzene rings is 2. The van der Waals surface area contributed by atoms with E-state index in [1.54, 1.807) is 19.1 Å². The van der Waals surface area contributed by atoms with Gasteiger partial charge in [0.2, 0.25) is 5.91 Å². The minimum Gasteiger partial charge on any atom is -0.481 e. The Morgan fingerprint density at radius 2 is 1.63 bits per heavy atom. The van der Waals surface area contributed by atoms with Crippen LogP contribution in [0.15, 0.2) is 36.4 Å². The number of anilines is 2. The molecule has 2 aromatic rings. The fourth-order valence-corrected chi connectivity index (χ4v) is 2.94. The van der Waals surface area contributed by atoms with Gasteiger partial charge in [-0.1, -0.05) is 19.9 Å². The predicted octanol–water partition coefficient (Wildman–Crippen LogP) is 4.79. The number of hydrogen-bond donors (Lipinski definition) is 2. The van der Waals surface area contributed by atoms with E-state index in [-0.39, 0.29) is 11.8 Å². The van der Waals surface area contributed by atoms with Crippen molar-refractivity contribution in [3.8, 4) is 5.75 Å². The zero-order valence-electron chi connectivity index (χ0n) is 16.8. The number of aryl methyl sites for hydroxylation is 2. The Morgan fingerprint density at radius 1 is 0.926 bits per heavy atom. The molecule has 2 amide bonds. The van der Waals surface area contributed by atoms with E-state index in [0.717, 1.165) is 16.8 Å². The van der Waals surface area contributed by atoms with Gasteiger partial charge in [-0.15, -0.1) is 0 Å². The van der Waals surface area contributed by atoms with Crippen molar-refractivity contribution in [3.05, 3.63) is 53.1 Å². The number of amides is 2. The molecule has 0 saturated carbocycles. The zero-order valence-corrected chi connectivity index (χ0v) is 16.8. The number of hydrogen-bond acceptors (Lipinski definition) is 3. The summed E-state index contributed by atoms with van der Waals surface area (Å²) < 4.78 is 5.80. The maximum atomic E-state index is 12.4. The Balaban J connectivity index is 2.02. The van der Waals surface area contributed by atoms with Crippen LogP contribution in [-0.2, 0) is 9.59 Å². The van der Waals surface area contributed by atoms with Gasteiger partial charge in [0.1, 0.15) is 5.75 Å². The molecule has 0 aliphatic carbocycles. The first-order chi connectivity index (χ1) is 12.7. The third kappa shape index (κ3) is 5.58. The van der Waals surface area contributed by atoms with Crippen LogP contribution in [0.1, 0.15) is 50.3 Å². The van der Waals surface area contributed by atoms with Crippen molar-refractivity contribution in [1.29, 1.82) is 0 Å². The Hall–Kier alpha value is -2.82. The molecule has 0 heterocycles. The molecule has 0 aliphatic heterocycles. The molecule has 0 radical (unpaired) electrons. The molecule has 144 valence electrons. The Morgan fingerprint density at radius 3 is 2.19 bits per heavy atom. The van der Waals surface area contributed by atoms with Crippen LogP contribution in [0.3, 0.4) is 0 Å². The van der Waals surface area contributed by atoms with E-state index < -0.39 is 6.10 Å². The third-order valence-electron chi connectivity index (χ3n) is 4.35. The molecule has 1 atom stereocenters. The Labute approximate surface area is 161 Å². The summed E-state index contributed by atoms with van der Waals surface area (Å²) in [7, 11) is 0. The SMILES string of the molecule is CC(=O)Nc1ccc(NC(=O)[C@@H](C)Oc2ccc(C(C)C)c(C)c2)cc1C. The monoisotopic (exact) mass is 368 g/mol. The molecule has 0 spiro atoms. The summed E-state index contributed by atoms with van der Waals surface area (Å²) in [6.07, 6.45) is -0.635. The van der Waals surface area contributed by atoms with Gasteiger partial charge in [-0.3, -0.25) is 9.59 Å². The summed E-state index contributed by atoms with van der Waals surface area (Å²) in [6.45, 7) is 11.4. The molecular weight excluding hydrogens is 340 g/mol. The molecule has 2 N–H and O–H groups in total. The lowest BCUT2D eigenvalue weighted by molar-refractivity contribution is -0.122. The molecule has 2 rings (SSSR count). The average Bonchev–Trinajstić information content (AvgIpc) is 2.56. The quantitative estimate of drug-likeness (QED) is 0.770. The normalized spacial score (nSPS) is 11.8. The highest BCUT2D eigenvalue weighted by atomic mass is 16.5. The lowest BCUT2D eigenvalue weighted by Crippen LogP contribution is -2.30. The topological polar surface area (TPSA) is 67.4 Å². The van der Waals surface area contributed by atoms with E-state index in [1.807, 2.05) is 38.1 Å².